The number of nitrogens with two attached hydrogens (primary N) is 1. The van der Waals surface area contributed by atoms with Crippen LogP contribution in [0, 0.1) is 0 Å². The van der Waals surface area contributed by atoms with E-state index in [0.29, 0.717) is 0 Å². The van der Waals surface area contributed by atoms with Gasteiger partial charge >= 0.3 is 12.1 Å². The first-order valence-electron chi connectivity index (χ1n) is 9.06. The molecule has 3 rings (SSSR count). The summed E-state index contributed by atoms with van der Waals surface area (Å²) in [4.78, 5) is 16.2. The van der Waals surface area contributed by atoms with Gasteiger partial charge in [-0.3, -0.25) is 0 Å². The molecule has 0 unspecified atom stereocenters. The SMILES string of the molecule is CN1CCN(c2ccc(N)c(N3CCCCC3)c2)CC1.O=C(O)C(F)(F)F. The second-order valence-corrected chi connectivity index (χ2v) is 6.88. The number of halogens is 3. The van der Waals surface area contributed by atoms with E-state index in [4.69, 9.17) is 15.6 Å². The molecule has 2 saturated heterocycles. The number of rotatable bonds is 2. The fourth-order valence-corrected chi connectivity index (χ4v) is 3.20. The Labute approximate surface area is 157 Å². The zero-order valence-corrected chi connectivity index (χ0v) is 15.5. The number of benzene rings is 1. The summed E-state index contributed by atoms with van der Waals surface area (Å²) in [6.45, 7) is 6.80. The highest BCUT2D eigenvalue weighted by atomic mass is 19.4. The van der Waals surface area contributed by atoms with Gasteiger partial charge < -0.3 is 25.5 Å². The number of carboxylic acid groups (broad SMARTS) is 1. The fraction of sp³-hybridized carbons (Fsp3) is 0.611. The van der Waals surface area contributed by atoms with Gasteiger partial charge in [0.2, 0.25) is 0 Å². The van der Waals surface area contributed by atoms with Crippen LogP contribution in [0.1, 0.15) is 19.3 Å². The van der Waals surface area contributed by atoms with Crippen molar-refractivity contribution < 1.29 is 23.1 Å². The fourth-order valence-electron chi connectivity index (χ4n) is 3.20. The number of aliphatic carboxylic acids is 1. The Hall–Kier alpha value is -2.16. The van der Waals surface area contributed by atoms with Crippen molar-refractivity contribution >= 4 is 23.0 Å². The third-order valence-electron chi connectivity index (χ3n) is 4.82. The summed E-state index contributed by atoms with van der Waals surface area (Å²) in [5.74, 6) is -2.76. The third-order valence-corrected chi connectivity index (χ3v) is 4.82. The minimum atomic E-state index is -5.08. The molecule has 0 amide bonds. The van der Waals surface area contributed by atoms with E-state index in [1.54, 1.807) is 0 Å². The molecule has 27 heavy (non-hydrogen) atoms. The Bertz CT molecular complexity index is 626. The Morgan fingerprint density at radius 3 is 2.07 bits per heavy atom. The smallest absolute Gasteiger partial charge is 0.475 e. The molecule has 0 bridgehead atoms. The van der Waals surface area contributed by atoms with Crippen LogP contribution in [0.3, 0.4) is 0 Å². The summed E-state index contributed by atoms with van der Waals surface area (Å²) in [5.41, 5.74) is 9.69. The molecule has 6 nitrogen and oxygen atoms in total. The first-order valence-corrected chi connectivity index (χ1v) is 9.06. The molecule has 0 aliphatic carbocycles. The number of piperidine rings is 1. The minimum absolute atomic E-state index is 0.921. The van der Waals surface area contributed by atoms with E-state index in [1.807, 2.05) is 0 Å². The lowest BCUT2D eigenvalue weighted by atomic mass is 10.1. The maximum absolute atomic E-state index is 10.6. The highest BCUT2D eigenvalue weighted by molar-refractivity contribution is 5.74. The van der Waals surface area contributed by atoms with E-state index in [0.717, 1.165) is 45.0 Å². The molecular formula is C18H27F3N4O2. The number of anilines is 3. The molecule has 0 radical (unpaired) electrons. The zero-order chi connectivity index (χ0) is 20.0. The van der Waals surface area contributed by atoms with E-state index in [-0.39, 0.29) is 0 Å². The summed E-state index contributed by atoms with van der Waals surface area (Å²) in [5, 5.41) is 7.12. The van der Waals surface area contributed by atoms with Gasteiger partial charge in [-0.1, -0.05) is 0 Å². The van der Waals surface area contributed by atoms with Crippen molar-refractivity contribution in [3.63, 3.8) is 0 Å². The Morgan fingerprint density at radius 1 is 1.00 bits per heavy atom. The average molecular weight is 388 g/mol. The topological polar surface area (TPSA) is 73.0 Å². The molecule has 0 spiro atoms. The highest BCUT2D eigenvalue weighted by Gasteiger charge is 2.38. The van der Waals surface area contributed by atoms with Gasteiger partial charge in [0.25, 0.3) is 0 Å². The molecule has 2 fully saturated rings. The van der Waals surface area contributed by atoms with Gasteiger partial charge in [-0.2, -0.15) is 13.2 Å². The molecule has 1 aromatic carbocycles. The maximum atomic E-state index is 10.6. The van der Waals surface area contributed by atoms with Gasteiger partial charge in [-0.15, -0.1) is 0 Å². The summed E-state index contributed by atoms with van der Waals surface area (Å²) in [6.07, 6.45) is -1.15. The summed E-state index contributed by atoms with van der Waals surface area (Å²) in [6, 6.07) is 6.55. The van der Waals surface area contributed by atoms with Crippen molar-refractivity contribution in [3.8, 4) is 0 Å². The normalized spacial score (nSPS) is 18.7. The van der Waals surface area contributed by atoms with Crippen LogP contribution in [0.15, 0.2) is 18.2 Å². The predicted octanol–water partition coefficient (Wildman–Crippen LogP) is 2.64. The number of nitrogens with zero attached hydrogens (tertiary/aromatic N) is 3. The van der Waals surface area contributed by atoms with Gasteiger partial charge in [-0.25, -0.2) is 4.79 Å². The maximum Gasteiger partial charge on any atom is 0.490 e. The second kappa shape index (κ2) is 9.16. The Balaban J connectivity index is 0.000000321. The van der Waals surface area contributed by atoms with Crippen molar-refractivity contribution in [2.75, 3.05) is 61.8 Å². The van der Waals surface area contributed by atoms with Gasteiger partial charge in [-0.05, 0) is 44.5 Å². The highest BCUT2D eigenvalue weighted by Crippen LogP contribution is 2.31. The summed E-state index contributed by atoms with van der Waals surface area (Å²) in [7, 11) is 2.19. The zero-order valence-electron chi connectivity index (χ0n) is 15.5. The van der Waals surface area contributed by atoms with Crippen molar-refractivity contribution in [3.05, 3.63) is 18.2 Å². The largest absolute Gasteiger partial charge is 0.490 e. The van der Waals surface area contributed by atoms with Crippen LogP contribution < -0.4 is 15.5 Å². The number of likely N-dealkylation sites (N-methyl/N-ethyl adjacent to an activating group) is 1. The molecule has 3 N–H and O–H groups in total. The van der Waals surface area contributed by atoms with Crippen LogP contribution in [0.5, 0.6) is 0 Å². The first kappa shape index (κ1) is 21.1. The molecular weight excluding hydrogens is 361 g/mol. The molecule has 9 heteroatoms. The standard InChI is InChI=1S/C16H26N4.C2HF3O2/c1-18-9-11-19(12-10-18)14-5-6-15(17)16(13-14)20-7-3-2-4-8-20;3-2(4,5)1(6)7/h5-6,13H,2-4,7-12,17H2,1H3;(H,6,7). The van der Waals surface area contributed by atoms with Crippen LogP contribution in [0.2, 0.25) is 0 Å². The van der Waals surface area contributed by atoms with E-state index in [1.165, 1.54) is 30.6 Å². The van der Waals surface area contributed by atoms with Crippen LogP contribution in [0.4, 0.5) is 30.2 Å². The number of carbonyl (C=O) groups is 1. The Morgan fingerprint density at radius 2 is 1.56 bits per heavy atom. The lowest BCUT2D eigenvalue weighted by Gasteiger charge is -2.35. The van der Waals surface area contributed by atoms with Gasteiger partial charge in [0.1, 0.15) is 0 Å². The molecule has 152 valence electrons. The lowest BCUT2D eigenvalue weighted by molar-refractivity contribution is -0.192. The van der Waals surface area contributed by atoms with E-state index < -0.39 is 12.1 Å². The van der Waals surface area contributed by atoms with Crippen molar-refractivity contribution in [2.24, 2.45) is 0 Å². The molecule has 1 aromatic rings. The lowest BCUT2D eigenvalue weighted by Crippen LogP contribution is -2.44. The van der Waals surface area contributed by atoms with Crippen LogP contribution in [-0.4, -0.2) is 68.5 Å². The molecule has 0 atom stereocenters. The number of alkyl halides is 3. The average Bonchev–Trinajstić information content (AvgIpc) is 2.63. The van der Waals surface area contributed by atoms with Crippen molar-refractivity contribution in [2.45, 2.75) is 25.4 Å². The quantitative estimate of drug-likeness (QED) is 0.759. The number of carboxylic acids is 1. The van der Waals surface area contributed by atoms with E-state index in [9.17, 15) is 13.2 Å². The minimum Gasteiger partial charge on any atom is -0.475 e. The van der Waals surface area contributed by atoms with Crippen LogP contribution in [0.25, 0.3) is 0 Å². The van der Waals surface area contributed by atoms with Crippen molar-refractivity contribution in [1.29, 1.82) is 0 Å². The second-order valence-electron chi connectivity index (χ2n) is 6.88. The summed E-state index contributed by atoms with van der Waals surface area (Å²) < 4.78 is 31.7. The predicted molar refractivity (Wildman–Crippen MR) is 100 cm³/mol. The van der Waals surface area contributed by atoms with Gasteiger partial charge in [0.15, 0.2) is 0 Å². The van der Waals surface area contributed by atoms with Crippen LogP contribution >= 0.6 is 0 Å². The van der Waals surface area contributed by atoms with Gasteiger partial charge in [0, 0.05) is 45.0 Å². The number of nitrogen functional groups attached to an aromatic ring is 1. The Kier molecular flexibility index (Phi) is 7.18. The number of piperazine rings is 1. The van der Waals surface area contributed by atoms with E-state index >= 15 is 0 Å². The molecule has 2 aliphatic heterocycles. The number of hydrogen-bond donors (Lipinski definition) is 2. The monoisotopic (exact) mass is 388 g/mol. The summed E-state index contributed by atoms with van der Waals surface area (Å²) >= 11 is 0. The van der Waals surface area contributed by atoms with E-state index in [2.05, 4.69) is 39.9 Å². The third kappa shape index (κ3) is 6.20. The van der Waals surface area contributed by atoms with Gasteiger partial charge in [0.05, 0.1) is 11.4 Å². The number of hydrogen-bond acceptors (Lipinski definition) is 5. The molecule has 0 aromatic heterocycles. The van der Waals surface area contributed by atoms with Crippen molar-refractivity contribution in [1.82, 2.24) is 4.90 Å². The van der Waals surface area contributed by atoms with Crippen LogP contribution in [-0.2, 0) is 4.79 Å². The first-order chi connectivity index (χ1) is 12.7. The molecule has 2 aliphatic rings. The molecule has 0 saturated carbocycles. The molecule has 2 heterocycles.